The highest BCUT2D eigenvalue weighted by molar-refractivity contribution is 5.73. The fraction of sp³-hybridized carbons (Fsp3) is 0.435. The van der Waals surface area contributed by atoms with Crippen molar-refractivity contribution in [2.45, 2.75) is 38.9 Å². The summed E-state index contributed by atoms with van der Waals surface area (Å²) in [6.07, 6.45) is 0.906. The number of carbonyl (C=O) groups is 1. The number of hydrogen-bond acceptors (Lipinski definition) is 5. The number of ether oxygens (including phenoxy) is 3. The first-order valence-corrected chi connectivity index (χ1v) is 9.85. The van der Waals surface area contributed by atoms with Crippen molar-refractivity contribution >= 4 is 5.91 Å². The lowest BCUT2D eigenvalue weighted by Gasteiger charge is -2.41. The Morgan fingerprint density at radius 2 is 1.86 bits per heavy atom. The van der Waals surface area contributed by atoms with Gasteiger partial charge in [0.2, 0.25) is 5.91 Å². The van der Waals surface area contributed by atoms with Gasteiger partial charge in [0.05, 0.1) is 27.4 Å². The lowest BCUT2D eigenvalue weighted by molar-refractivity contribution is -0.120. The third-order valence-corrected chi connectivity index (χ3v) is 5.45. The second-order valence-electron chi connectivity index (χ2n) is 7.41. The van der Waals surface area contributed by atoms with Gasteiger partial charge in [0, 0.05) is 26.1 Å². The highest BCUT2D eigenvalue weighted by atomic mass is 16.5. The van der Waals surface area contributed by atoms with Gasteiger partial charge in [-0.25, -0.2) is 0 Å². The molecule has 156 valence electrons. The third kappa shape index (κ3) is 4.65. The van der Waals surface area contributed by atoms with Gasteiger partial charge in [0.15, 0.2) is 11.5 Å². The van der Waals surface area contributed by atoms with E-state index in [1.54, 1.807) is 28.3 Å². The van der Waals surface area contributed by atoms with E-state index in [-0.39, 0.29) is 18.0 Å². The molecule has 29 heavy (non-hydrogen) atoms. The van der Waals surface area contributed by atoms with E-state index < -0.39 is 0 Å². The van der Waals surface area contributed by atoms with Crippen LogP contribution in [0, 0.1) is 0 Å². The summed E-state index contributed by atoms with van der Waals surface area (Å²) in [5.74, 6) is 2.25. The van der Waals surface area contributed by atoms with Crippen LogP contribution in [-0.2, 0) is 17.8 Å². The summed E-state index contributed by atoms with van der Waals surface area (Å²) in [5.41, 5.74) is 3.57. The van der Waals surface area contributed by atoms with E-state index in [4.69, 9.17) is 14.2 Å². The zero-order chi connectivity index (χ0) is 21.0. The molecule has 2 aromatic rings. The SMILES string of the molecule is COc1cccc(CN2CCc3cc(OC)c(OC)cc3[C@H]2[C@H](C)NC(C)=O)c1. The molecule has 0 fully saturated rings. The monoisotopic (exact) mass is 398 g/mol. The van der Waals surface area contributed by atoms with E-state index in [0.717, 1.165) is 36.6 Å². The molecule has 2 aromatic carbocycles. The van der Waals surface area contributed by atoms with E-state index in [1.165, 1.54) is 11.1 Å². The predicted octanol–water partition coefficient (Wildman–Crippen LogP) is 3.34. The minimum Gasteiger partial charge on any atom is -0.497 e. The zero-order valence-electron chi connectivity index (χ0n) is 17.8. The van der Waals surface area contributed by atoms with Crippen LogP contribution in [0.15, 0.2) is 36.4 Å². The molecule has 1 N–H and O–H groups in total. The average molecular weight is 399 g/mol. The maximum Gasteiger partial charge on any atom is 0.217 e. The van der Waals surface area contributed by atoms with Crippen LogP contribution >= 0.6 is 0 Å². The number of amides is 1. The number of rotatable bonds is 7. The zero-order valence-corrected chi connectivity index (χ0v) is 17.8. The Bertz CT molecular complexity index is 868. The van der Waals surface area contributed by atoms with Gasteiger partial charge in [-0.05, 0) is 54.3 Å². The van der Waals surface area contributed by atoms with E-state index in [2.05, 4.69) is 41.4 Å². The van der Waals surface area contributed by atoms with Crippen molar-refractivity contribution in [2.24, 2.45) is 0 Å². The fourth-order valence-electron chi connectivity index (χ4n) is 4.20. The van der Waals surface area contributed by atoms with Gasteiger partial charge in [-0.3, -0.25) is 9.69 Å². The van der Waals surface area contributed by atoms with Crippen LogP contribution in [0.25, 0.3) is 0 Å². The number of fused-ring (bicyclic) bond motifs is 1. The summed E-state index contributed by atoms with van der Waals surface area (Å²) in [5, 5.41) is 3.08. The maximum atomic E-state index is 11.8. The standard InChI is InChI=1S/C23H30N2O4/c1-15(24-16(2)26)23-20-13-22(29-5)21(28-4)12-18(20)9-10-25(23)14-17-7-6-8-19(11-17)27-3/h6-8,11-13,15,23H,9-10,14H2,1-5H3,(H,24,26)/t15-,23+/m0/s1. The van der Waals surface area contributed by atoms with Gasteiger partial charge in [-0.1, -0.05) is 12.1 Å². The molecule has 0 spiro atoms. The first-order chi connectivity index (χ1) is 14.0. The Kier molecular flexibility index (Phi) is 6.64. The van der Waals surface area contributed by atoms with E-state index in [1.807, 2.05) is 12.1 Å². The van der Waals surface area contributed by atoms with Crippen molar-refractivity contribution in [3.05, 3.63) is 53.1 Å². The molecule has 6 nitrogen and oxygen atoms in total. The maximum absolute atomic E-state index is 11.8. The van der Waals surface area contributed by atoms with Gasteiger partial charge in [0.25, 0.3) is 0 Å². The van der Waals surface area contributed by atoms with Crippen molar-refractivity contribution in [3.8, 4) is 17.2 Å². The molecule has 0 bridgehead atoms. The smallest absolute Gasteiger partial charge is 0.217 e. The number of benzene rings is 2. The normalized spacial score (nSPS) is 17.2. The Hall–Kier alpha value is -2.73. The highest BCUT2D eigenvalue weighted by Gasteiger charge is 2.33. The third-order valence-electron chi connectivity index (χ3n) is 5.45. The topological polar surface area (TPSA) is 60.0 Å². The second kappa shape index (κ2) is 9.18. The number of methoxy groups -OCH3 is 3. The number of nitrogens with zero attached hydrogens (tertiary/aromatic N) is 1. The molecule has 0 radical (unpaired) electrons. The van der Waals surface area contributed by atoms with Crippen molar-refractivity contribution in [2.75, 3.05) is 27.9 Å². The van der Waals surface area contributed by atoms with Crippen LogP contribution < -0.4 is 19.5 Å². The molecule has 0 aliphatic carbocycles. The number of hydrogen-bond donors (Lipinski definition) is 1. The van der Waals surface area contributed by atoms with Crippen molar-refractivity contribution in [1.82, 2.24) is 10.2 Å². The molecule has 0 aromatic heterocycles. The van der Waals surface area contributed by atoms with Crippen LogP contribution in [0.2, 0.25) is 0 Å². The highest BCUT2D eigenvalue weighted by Crippen LogP contribution is 2.40. The molecule has 1 heterocycles. The molecule has 0 unspecified atom stereocenters. The summed E-state index contributed by atoms with van der Waals surface area (Å²) < 4.78 is 16.4. The van der Waals surface area contributed by atoms with E-state index in [0.29, 0.717) is 5.75 Å². The van der Waals surface area contributed by atoms with Crippen LogP contribution in [0.1, 0.15) is 36.6 Å². The van der Waals surface area contributed by atoms with Gasteiger partial charge < -0.3 is 19.5 Å². The molecule has 1 amide bonds. The number of carbonyl (C=O) groups excluding carboxylic acids is 1. The Morgan fingerprint density at radius 1 is 1.14 bits per heavy atom. The first kappa shape index (κ1) is 21.0. The van der Waals surface area contributed by atoms with Gasteiger partial charge in [0.1, 0.15) is 5.75 Å². The van der Waals surface area contributed by atoms with Crippen molar-refractivity contribution in [3.63, 3.8) is 0 Å². The van der Waals surface area contributed by atoms with Gasteiger partial charge in [-0.2, -0.15) is 0 Å². The lowest BCUT2D eigenvalue weighted by atomic mass is 9.87. The van der Waals surface area contributed by atoms with E-state index >= 15 is 0 Å². The Labute approximate surface area is 172 Å². The first-order valence-electron chi connectivity index (χ1n) is 9.85. The van der Waals surface area contributed by atoms with Crippen molar-refractivity contribution < 1.29 is 19.0 Å². The summed E-state index contributed by atoms with van der Waals surface area (Å²) in [7, 11) is 4.98. The van der Waals surface area contributed by atoms with Crippen LogP contribution in [0.3, 0.4) is 0 Å². The lowest BCUT2D eigenvalue weighted by Crippen LogP contribution is -2.46. The summed E-state index contributed by atoms with van der Waals surface area (Å²) in [6, 6.07) is 12.2. The molecule has 3 rings (SSSR count). The molecule has 2 atom stereocenters. The summed E-state index contributed by atoms with van der Waals surface area (Å²) in [4.78, 5) is 14.2. The van der Waals surface area contributed by atoms with E-state index in [9.17, 15) is 4.79 Å². The molecule has 0 saturated carbocycles. The summed E-state index contributed by atoms with van der Waals surface area (Å²) in [6.45, 7) is 5.26. The molecular weight excluding hydrogens is 368 g/mol. The van der Waals surface area contributed by atoms with Crippen LogP contribution in [0.4, 0.5) is 0 Å². The average Bonchev–Trinajstić information content (AvgIpc) is 2.72. The molecule has 6 heteroatoms. The van der Waals surface area contributed by atoms with Gasteiger partial charge >= 0.3 is 0 Å². The molecular formula is C23H30N2O4. The molecule has 1 aliphatic heterocycles. The Balaban J connectivity index is 1.99. The van der Waals surface area contributed by atoms with Crippen LogP contribution in [0.5, 0.6) is 17.2 Å². The van der Waals surface area contributed by atoms with Crippen molar-refractivity contribution in [1.29, 1.82) is 0 Å². The molecule has 1 aliphatic rings. The van der Waals surface area contributed by atoms with Crippen LogP contribution in [-0.4, -0.2) is 44.7 Å². The number of nitrogens with one attached hydrogen (secondary N) is 1. The second-order valence-corrected chi connectivity index (χ2v) is 7.41. The molecule has 0 saturated heterocycles. The predicted molar refractivity (Wildman–Crippen MR) is 113 cm³/mol. The Morgan fingerprint density at radius 3 is 2.52 bits per heavy atom. The minimum atomic E-state index is -0.0599. The van der Waals surface area contributed by atoms with Gasteiger partial charge in [-0.15, -0.1) is 0 Å². The summed E-state index contributed by atoms with van der Waals surface area (Å²) >= 11 is 0. The quantitative estimate of drug-likeness (QED) is 0.775. The fourth-order valence-corrected chi connectivity index (χ4v) is 4.20. The largest absolute Gasteiger partial charge is 0.497 e. The minimum absolute atomic E-state index is 0.0219.